The molecule has 2 N–H and O–H groups in total. The van der Waals surface area contributed by atoms with Gasteiger partial charge in [-0.15, -0.1) is 0 Å². The molecule has 1 aromatic heterocycles. The molecule has 0 unspecified atom stereocenters. The van der Waals surface area contributed by atoms with Crippen LogP contribution in [0.5, 0.6) is 0 Å². The van der Waals surface area contributed by atoms with Gasteiger partial charge in [-0.05, 0) is 25.7 Å². The first-order valence-corrected chi connectivity index (χ1v) is 9.55. The lowest BCUT2D eigenvalue weighted by molar-refractivity contribution is -0.100. The molecule has 138 valence electrons. The monoisotopic (exact) mass is 347 g/mol. The Morgan fingerprint density at radius 2 is 2.08 bits per heavy atom. The fourth-order valence-corrected chi connectivity index (χ4v) is 3.94. The van der Waals surface area contributed by atoms with Crippen molar-refractivity contribution in [2.75, 3.05) is 51.3 Å². The van der Waals surface area contributed by atoms with Gasteiger partial charge in [0.05, 0.1) is 18.3 Å². The molecule has 7 heteroatoms. The van der Waals surface area contributed by atoms with Crippen molar-refractivity contribution in [1.29, 1.82) is 0 Å². The highest BCUT2D eigenvalue weighted by Gasteiger charge is 2.36. The molecule has 3 fully saturated rings. The van der Waals surface area contributed by atoms with E-state index in [4.69, 9.17) is 9.47 Å². The molecule has 0 radical (unpaired) electrons. The van der Waals surface area contributed by atoms with Crippen LogP contribution in [0.1, 0.15) is 31.2 Å². The molecule has 3 aliphatic rings. The number of ether oxygens (including phenoxy) is 2. The Kier molecular flexibility index (Phi) is 5.45. The zero-order chi connectivity index (χ0) is 17.0. The van der Waals surface area contributed by atoms with E-state index >= 15 is 0 Å². The smallest absolute Gasteiger partial charge is 0.222 e. The van der Waals surface area contributed by atoms with Crippen molar-refractivity contribution < 1.29 is 9.47 Å². The van der Waals surface area contributed by atoms with Crippen molar-refractivity contribution in [1.82, 2.24) is 20.2 Å². The number of hydrogen-bond acceptors (Lipinski definition) is 7. The highest BCUT2D eigenvalue weighted by molar-refractivity contribution is 5.25. The predicted molar refractivity (Wildman–Crippen MR) is 95.6 cm³/mol. The fraction of sp³-hybridized carbons (Fsp3) is 0.778. The van der Waals surface area contributed by atoms with Crippen LogP contribution in [0.25, 0.3) is 0 Å². The Balaban J connectivity index is 1.23. The molecule has 25 heavy (non-hydrogen) atoms. The summed E-state index contributed by atoms with van der Waals surface area (Å²) in [6, 6.07) is 0. The van der Waals surface area contributed by atoms with Gasteiger partial charge in [-0.2, -0.15) is 0 Å². The third-order valence-electron chi connectivity index (χ3n) is 5.52. The second kappa shape index (κ2) is 7.95. The van der Waals surface area contributed by atoms with Crippen molar-refractivity contribution >= 4 is 5.95 Å². The van der Waals surface area contributed by atoms with Gasteiger partial charge >= 0.3 is 0 Å². The number of rotatable bonds is 5. The first-order valence-electron chi connectivity index (χ1n) is 9.55. The van der Waals surface area contributed by atoms with Crippen molar-refractivity contribution in [2.24, 2.45) is 0 Å². The third kappa shape index (κ3) is 4.47. The Labute approximate surface area is 149 Å². The number of anilines is 1. The number of aromatic nitrogens is 2. The van der Waals surface area contributed by atoms with Gasteiger partial charge in [0.15, 0.2) is 0 Å². The number of morpholine rings is 1. The molecule has 4 rings (SSSR count). The number of piperidine rings is 1. The summed E-state index contributed by atoms with van der Waals surface area (Å²) in [7, 11) is 0. The van der Waals surface area contributed by atoms with E-state index in [0.29, 0.717) is 12.1 Å². The van der Waals surface area contributed by atoms with E-state index in [1.165, 1.54) is 5.56 Å². The molecule has 7 nitrogen and oxygen atoms in total. The van der Waals surface area contributed by atoms with Crippen molar-refractivity contribution in [3.05, 3.63) is 18.0 Å². The lowest BCUT2D eigenvalue weighted by Crippen LogP contribution is -2.55. The quantitative estimate of drug-likeness (QED) is 0.824. The largest absolute Gasteiger partial charge is 0.376 e. The van der Waals surface area contributed by atoms with Crippen LogP contribution in [-0.2, 0) is 16.0 Å². The van der Waals surface area contributed by atoms with Gasteiger partial charge < -0.3 is 20.1 Å². The summed E-state index contributed by atoms with van der Waals surface area (Å²) in [5.41, 5.74) is 1.24. The predicted octanol–water partition coefficient (Wildman–Crippen LogP) is 1.02. The van der Waals surface area contributed by atoms with Gasteiger partial charge in [-0.3, -0.25) is 4.90 Å². The minimum absolute atomic E-state index is 0.0708. The van der Waals surface area contributed by atoms with E-state index in [0.717, 1.165) is 78.2 Å². The van der Waals surface area contributed by atoms with Crippen molar-refractivity contribution in [3.8, 4) is 0 Å². The zero-order valence-electron chi connectivity index (χ0n) is 14.9. The molecule has 3 aliphatic heterocycles. The molecular weight excluding hydrogens is 318 g/mol. The van der Waals surface area contributed by atoms with Gasteiger partial charge in [0, 0.05) is 63.8 Å². The maximum Gasteiger partial charge on any atom is 0.222 e. The van der Waals surface area contributed by atoms with Crippen LogP contribution in [0, 0.1) is 0 Å². The molecule has 1 atom stereocenters. The number of likely N-dealkylation sites (tertiary alicyclic amines) is 1. The first kappa shape index (κ1) is 17.1. The van der Waals surface area contributed by atoms with Crippen LogP contribution in [-0.4, -0.2) is 72.5 Å². The van der Waals surface area contributed by atoms with E-state index in [9.17, 15) is 0 Å². The van der Waals surface area contributed by atoms with Gasteiger partial charge in [0.2, 0.25) is 5.95 Å². The minimum atomic E-state index is 0.0708. The fourth-order valence-electron chi connectivity index (χ4n) is 3.94. The molecule has 0 saturated carbocycles. The molecule has 0 aromatic carbocycles. The van der Waals surface area contributed by atoms with Crippen LogP contribution in [0.2, 0.25) is 0 Å². The minimum Gasteiger partial charge on any atom is -0.376 e. The van der Waals surface area contributed by atoms with Gasteiger partial charge in [-0.1, -0.05) is 0 Å². The maximum absolute atomic E-state index is 6.06. The molecule has 1 aromatic rings. The highest BCUT2D eigenvalue weighted by Crippen LogP contribution is 2.28. The summed E-state index contributed by atoms with van der Waals surface area (Å²) in [5, 5.41) is 6.74. The van der Waals surface area contributed by atoms with E-state index < -0.39 is 0 Å². The summed E-state index contributed by atoms with van der Waals surface area (Å²) in [4.78, 5) is 11.4. The topological polar surface area (TPSA) is 71.5 Å². The van der Waals surface area contributed by atoms with E-state index in [-0.39, 0.29) is 5.60 Å². The second-order valence-corrected chi connectivity index (χ2v) is 7.42. The summed E-state index contributed by atoms with van der Waals surface area (Å²) in [5.74, 6) is 0.693. The van der Waals surface area contributed by atoms with Crippen LogP contribution in [0.3, 0.4) is 0 Å². The molecule has 1 spiro atoms. The molecule has 0 bridgehead atoms. The van der Waals surface area contributed by atoms with Gasteiger partial charge in [0.25, 0.3) is 0 Å². The number of hydrogen-bond donors (Lipinski definition) is 2. The van der Waals surface area contributed by atoms with Crippen LogP contribution in [0.15, 0.2) is 12.4 Å². The summed E-state index contributed by atoms with van der Waals surface area (Å²) in [6.45, 7) is 7.54. The standard InChI is InChI=1S/C18H29N5O2/c1-2-16(24-8-1)12-22-17-20-10-15(11-21-17)13-23-6-3-18(4-7-23)14-19-5-9-25-18/h10-11,16,19H,1-9,12-14H2,(H,20,21,22)/t16-/m0/s1. The second-order valence-electron chi connectivity index (χ2n) is 7.42. The first-order chi connectivity index (χ1) is 12.3. The van der Waals surface area contributed by atoms with Gasteiger partial charge in [-0.25, -0.2) is 9.97 Å². The Morgan fingerprint density at radius 3 is 2.76 bits per heavy atom. The van der Waals surface area contributed by atoms with E-state index in [2.05, 4.69) is 25.5 Å². The molecular formula is C18H29N5O2. The van der Waals surface area contributed by atoms with E-state index in [1.807, 2.05) is 12.4 Å². The van der Waals surface area contributed by atoms with Crippen LogP contribution >= 0.6 is 0 Å². The Morgan fingerprint density at radius 1 is 1.24 bits per heavy atom. The van der Waals surface area contributed by atoms with E-state index in [1.54, 1.807) is 0 Å². The number of nitrogens with zero attached hydrogens (tertiary/aromatic N) is 3. The lowest BCUT2D eigenvalue weighted by atomic mass is 9.90. The highest BCUT2D eigenvalue weighted by atomic mass is 16.5. The van der Waals surface area contributed by atoms with Crippen molar-refractivity contribution in [2.45, 2.75) is 43.9 Å². The Bertz CT molecular complexity index is 531. The average Bonchev–Trinajstić information content (AvgIpc) is 3.18. The molecule has 0 amide bonds. The normalized spacial score (nSPS) is 26.8. The summed E-state index contributed by atoms with van der Waals surface area (Å²) >= 11 is 0. The van der Waals surface area contributed by atoms with Gasteiger partial charge in [0.1, 0.15) is 0 Å². The average molecular weight is 347 g/mol. The molecule has 3 saturated heterocycles. The lowest BCUT2D eigenvalue weighted by Gasteiger charge is -2.44. The zero-order valence-corrected chi connectivity index (χ0v) is 14.9. The molecule has 0 aliphatic carbocycles. The SMILES string of the molecule is c1nc(NC[C@@H]2CCCO2)ncc1CN1CCC2(CC1)CNCCO2. The Hall–Kier alpha value is -1.28. The van der Waals surface area contributed by atoms with Crippen molar-refractivity contribution in [3.63, 3.8) is 0 Å². The van der Waals surface area contributed by atoms with Crippen LogP contribution < -0.4 is 10.6 Å². The third-order valence-corrected chi connectivity index (χ3v) is 5.52. The summed E-state index contributed by atoms with van der Waals surface area (Å²) in [6.07, 6.45) is 8.66. The summed E-state index contributed by atoms with van der Waals surface area (Å²) < 4.78 is 11.7. The van der Waals surface area contributed by atoms with Crippen LogP contribution in [0.4, 0.5) is 5.95 Å². The maximum atomic E-state index is 6.06. The number of nitrogens with one attached hydrogen (secondary N) is 2. The molecule has 4 heterocycles.